The minimum Gasteiger partial charge on any atom is -0.303 e. The molecule has 0 N–H and O–H groups in total. The lowest BCUT2D eigenvalue weighted by atomic mass is 10.0. The van der Waals surface area contributed by atoms with Crippen molar-refractivity contribution in [1.82, 2.24) is 0 Å². The van der Waals surface area contributed by atoms with Gasteiger partial charge in [-0.2, -0.15) is 0 Å². The van der Waals surface area contributed by atoms with E-state index in [9.17, 15) is 4.79 Å². The maximum absolute atomic E-state index is 10.3. The van der Waals surface area contributed by atoms with Crippen LogP contribution in [0.2, 0.25) is 10.0 Å². The first-order valence-corrected chi connectivity index (χ1v) is 7.43. The molecule has 0 saturated carbocycles. The van der Waals surface area contributed by atoms with Gasteiger partial charge in [0.15, 0.2) is 0 Å². The van der Waals surface area contributed by atoms with Crippen molar-refractivity contribution in [3.8, 4) is 11.1 Å². The number of aryl methyl sites for hydroxylation is 1. The Bertz CT molecular complexity index is 556. The van der Waals surface area contributed by atoms with E-state index >= 15 is 0 Å². The smallest absolute Gasteiger partial charge is 0.119 e. The summed E-state index contributed by atoms with van der Waals surface area (Å²) in [4.78, 5) is 10.3. The highest BCUT2D eigenvalue weighted by Gasteiger charge is 2.02. The average Bonchev–Trinajstić information content (AvgIpc) is 2.43. The number of rotatable bonds is 6. The molecule has 0 amide bonds. The first kappa shape index (κ1) is 15.1. The third-order valence-electron chi connectivity index (χ3n) is 3.19. The van der Waals surface area contributed by atoms with Crippen molar-refractivity contribution >= 4 is 29.5 Å². The molecule has 0 aliphatic carbocycles. The predicted octanol–water partition coefficient (Wildman–Crippen LogP) is 5.57. The van der Waals surface area contributed by atoms with E-state index in [1.807, 2.05) is 12.1 Å². The van der Waals surface area contributed by atoms with Crippen molar-refractivity contribution < 1.29 is 4.79 Å². The van der Waals surface area contributed by atoms with Crippen molar-refractivity contribution in [3.63, 3.8) is 0 Å². The van der Waals surface area contributed by atoms with Crippen LogP contribution in [0.1, 0.15) is 24.8 Å². The zero-order valence-electron chi connectivity index (χ0n) is 11.1. The molecule has 0 aromatic heterocycles. The standard InChI is InChI=1S/C17H16Cl2O/c18-16-10-15(11-17(19)12-16)14-7-5-13(6-8-14)4-2-1-3-9-20/h5-12H,1-4H2. The number of hydrogen-bond acceptors (Lipinski definition) is 1. The summed E-state index contributed by atoms with van der Waals surface area (Å²) < 4.78 is 0. The molecule has 0 heterocycles. The van der Waals surface area contributed by atoms with Crippen LogP contribution in [0.3, 0.4) is 0 Å². The fraction of sp³-hybridized carbons (Fsp3) is 0.235. The van der Waals surface area contributed by atoms with Gasteiger partial charge in [0.2, 0.25) is 0 Å². The SMILES string of the molecule is O=CCCCCc1ccc(-c2cc(Cl)cc(Cl)c2)cc1. The number of unbranched alkanes of at least 4 members (excludes halogenated alkanes) is 2. The van der Waals surface area contributed by atoms with E-state index in [0.717, 1.165) is 36.7 Å². The van der Waals surface area contributed by atoms with Crippen LogP contribution in [0.25, 0.3) is 11.1 Å². The van der Waals surface area contributed by atoms with Gasteiger partial charge < -0.3 is 4.79 Å². The van der Waals surface area contributed by atoms with E-state index < -0.39 is 0 Å². The Labute approximate surface area is 129 Å². The monoisotopic (exact) mass is 306 g/mol. The van der Waals surface area contributed by atoms with Gasteiger partial charge in [-0.1, -0.05) is 47.5 Å². The molecule has 0 radical (unpaired) electrons. The van der Waals surface area contributed by atoms with Crippen LogP contribution >= 0.6 is 23.2 Å². The molecule has 0 bridgehead atoms. The topological polar surface area (TPSA) is 17.1 Å². The molecule has 104 valence electrons. The van der Waals surface area contributed by atoms with Crippen molar-refractivity contribution in [1.29, 1.82) is 0 Å². The largest absolute Gasteiger partial charge is 0.303 e. The maximum atomic E-state index is 10.3. The summed E-state index contributed by atoms with van der Waals surface area (Å²) in [6.45, 7) is 0. The first-order chi connectivity index (χ1) is 9.69. The van der Waals surface area contributed by atoms with E-state index in [4.69, 9.17) is 23.2 Å². The van der Waals surface area contributed by atoms with Gasteiger partial charge in [-0.15, -0.1) is 0 Å². The van der Waals surface area contributed by atoms with Gasteiger partial charge in [0.05, 0.1) is 0 Å². The van der Waals surface area contributed by atoms with Crippen LogP contribution < -0.4 is 0 Å². The molecular weight excluding hydrogens is 291 g/mol. The van der Waals surface area contributed by atoms with E-state index in [-0.39, 0.29) is 0 Å². The molecule has 2 aromatic carbocycles. The normalized spacial score (nSPS) is 10.5. The van der Waals surface area contributed by atoms with E-state index in [2.05, 4.69) is 24.3 Å². The zero-order valence-corrected chi connectivity index (χ0v) is 12.6. The summed E-state index contributed by atoms with van der Waals surface area (Å²) in [5.74, 6) is 0. The van der Waals surface area contributed by atoms with Crippen LogP contribution in [0.15, 0.2) is 42.5 Å². The predicted molar refractivity (Wildman–Crippen MR) is 85.5 cm³/mol. The Kier molecular flexibility index (Phi) is 5.63. The molecule has 0 aliphatic heterocycles. The Morgan fingerprint density at radius 1 is 0.850 bits per heavy atom. The fourth-order valence-corrected chi connectivity index (χ4v) is 2.67. The average molecular weight is 307 g/mol. The van der Waals surface area contributed by atoms with Gasteiger partial charge in [-0.3, -0.25) is 0 Å². The summed E-state index contributed by atoms with van der Waals surface area (Å²) >= 11 is 12.0. The third kappa shape index (κ3) is 4.36. The van der Waals surface area contributed by atoms with E-state index in [0.29, 0.717) is 16.5 Å². The van der Waals surface area contributed by atoms with Crippen molar-refractivity contribution in [2.45, 2.75) is 25.7 Å². The van der Waals surface area contributed by atoms with Gasteiger partial charge in [-0.05, 0) is 54.2 Å². The first-order valence-electron chi connectivity index (χ1n) is 6.68. The van der Waals surface area contributed by atoms with Crippen molar-refractivity contribution in [3.05, 3.63) is 58.1 Å². The van der Waals surface area contributed by atoms with Crippen LogP contribution in [0.4, 0.5) is 0 Å². The molecule has 1 nitrogen and oxygen atoms in total. The molecule has 0 unspecified atom stereocenters. The highest BCUT2D eigenvalue weighted by molar-refractivity contribution is 6.35. The molecule has 0 spiro atoms. The highest BCUT2D eigenvalue weighted by atomic mass is 35.5. The van der Waals surface area contributed by atoms with Gasteiger partial charge in [-0.25, -0.2) is 0 Å². The summed E-state index contributed by atoms with van der Waals surface area (Å²) in [5.41, 5.74) is 3.41. The van der Waals surface area contributed by atoms with Crippen molar-refractivity contribution in [2.75, 3.05) is 0 Å². The van der Waals surface area contributed by atoms with E-state index in [1.165, 1.54) is 5.56 Å². The second kappa shape index (κ2) is 7.47. The summed E-state index contributed by atoms with van der Waals surface area (Å²) in [7, 11) is 0. The highest BCUT2D eigenvalue weighted by Crippen LogP contribution is 2.27. The second-order valence-electron chi connectivity index (χ2n) is 4.77. The molecule has 20 heavy (non-hydrogen) atoms. The number of carbonyl (C=O) groups excluding carboxylic acids is 1. The van der Waals surface area contributed by atoms with Gasteiger partial charge >= 0.3 is 0 Å². The number of carbonyl (C=O) groups is 1. The molecule has 2 aromatic rings. The molecule has 0 fully saturated rings. The molecular formula is C17H16Cl2O. The lowest BCUT2D eigenvalue weighted by Crippen LogP contribution is -1.87. The zero-order chi connectivity index (χ0) is 14.4. The Morgan fingerprint density at radius 3 is 2.10 bits per heavy atom. The van der Waals surface area contributed by atoms with Gasteiger partial charge in [0.1, 0.15) is 6.29 Å². The molecule has 2 rings (SSSR count). The Hall–Kier alpha value is -1.31. The van der Waals surface area contributed by atoms with Gasteiger partial charge in [0, 0.05) is 16.5 Å². The molecule has 0 aliphatic rings. The van der Waals surface area contributed by atoms with Crippen LogP contribution in [-0.4, -0.2) is 6.29 Å². The fourth-order valence-electron chi connectivity index (χ4n) is 2.14. The third-order valence-corrected chi connectivity index (χ3v) is 3.62. The molecule has 0 atom stereocenters. The Morgan fingerprint density at radius 2 is 1.50 bits per heavy atom. The summed E-state index contributed by atoms with van der Waals surface area (Å²) in [6.07, 6.45) is 4.63. The van der Waals surface area contributed by atoms with Crippen LogP contribution in [0, 0.1) is 0 Å². The lowest BCUT2D eigenvalue weighted by Gasteiger charge is -2.06. The van der Waals surface area contributed by atoms with Crippen molar-refractivity contribution in [2.24, 2.45) is 0 Å². The number of aldehydes is 1. The lowest BCUT2D eigenvalue weighted by molar-refractivity contribution is -0.107. The Balaban J connectivity index is 2.05. The number of benzene rings is 2. The molecule has 0 saturated heterocycles. The summed E-state index contributed by atoms with van der Waals surface area (Å²) in [6, 6.07) is 13.9. The number of halogens is 2. The van der Waals surface area contributed by atoms with Crippen LogP contribution in [-0.2, 0) is 11.2 Å². The maximum Gasteiger partial charge on any atom is 0.119 e. The second-order valence-corrected chi connectivity index (χ2v) is 5.64. The quantitative estimate of drug-likeness (QED) is 0.503. The summed E-state index contributed by atoms with van der Waals surface area (Å²) in [5, 5.41) is 1.29. The number of hydrogen-bond donors (Lipinski definition) is 0. The minimum absolute atomic E-state index is 0.644. The van der Waals surface area contributed by atoms with Gasteiger partial charge in [0.25, 0.3) is 0 Å². The molecule has 3 heteroatoms. The van der Waals surface area contributed by atoms with Crippen LogP contribution in [0.5, 0.6) is 0 Å². The van der Waals surface area contributed by atoms with E-state index in [1.54, 1.807) is 6.07 Å². The minimum atomic E-state index is 0.644.